The third-order valence-corrected chi connectivity index (χ3v) is 5.07. The third-order valence-electron chi connectivity index (χ3n) is 5.07. The fraction of sp³-hybridized carbons (Fsp3) is 0.200. The predicted molar refractivity (Wildman–Crippen MR) is 120 cm³/mol. The number of ketones is 1. The Morgan fingerprint density at radius 1 is 0.935 bits per heavy atom. The molecule has 0 unspecified atom stereocenters. The van der Waals surface area contributed by atoms with Crippen molar-refractivity contribution in [2.45, 2.75) is 13.0 Å². The Balaban J connectivity index is 1.47. The van der Waals surface area contributed by atoms with Crippen molar-refractivity contribution in [3.63, 3.8) is 0 Å². The van der Waals surface area contributed by atoms with E-state index in [0.29, 0.717) is 48.1 Å². The lowest BCUT2D eigenvalue weighted by Crippen LogP contribution is -2.12. The zero-order valence-corrected chi connectivity index (χ0v) is 17.6. The van der Waals surface area contributed by atoms with E-state index in [1.807, 2.05) is 65.7 Å². The standard InChI is InChI=1S/C25H24N2O4/c1-29-23-12-11-20(16-24(23)30-2)27-14-13-22(26-27)25(28)19-9-6-10-21(15-19)31-17-18-7-4-3-5-8-18/h3-12,15-16H,13-14,17H2,1-2H3. The molecule has 0 radical (unpaired) electrons. The van der Waals surface area contributed by atoms with E-state index in [1.54, 1.807) is 26.4 Å². The third kappa shape index (κ3) is 4.69. The molecule has 3 aromatic carbocycles. The molecule has 0 fully saturated rings. The number of hydrazone groups is 1. The first-order valence-corrected chi connectivity index (χ1v) is 10.1. The summed E-state index contributed by atoms with van der Waals surface area (Å²) >= 11 is 0. The molecule has 0 aromatic heterocycles. The molecule has 0 spiro atoms. The molecule has 0 saturated carbocycles. The molecule has 0 aliphatic carbocycles. The van der Waals surface area contributed by atoms with Crippen molar-refractivity contribution in [3.05, 3.63) is 83.9 Å². The van der Waals surface area contributed by atoms with Crippen molar-refractivity contribution in [1.82, 2.24) is 0 Å². The van der Waals surface area contributed by atoms with E-state index >= 15 is 0 Å². The van der Waals surface area contributed by atoms with Crippen LogP contribution in [0.4, 0.5) is 5.69 Å². The van der Waals surface area contributed by atoms with Crippen LogP contribution in [0.1, 0.15) is 22.3 Å². The van der Waals surface area contributed by atoms with Crippen LogP contribution in [-0.2, 0) is 6.61 Å². The summed E-state index contributed by atoms with van der Waals surface area (Å²) in [6.45, 7) is 1.08. The fourth-order valence-electron chi connectivity index (χ4n) is 3.42. The van der Waals surface area contributed by atoms with Gasteiger partial charge in [0.05, 0.1) is 19.9 Å². The molecule has 0 N–H and O–H groups in total. The van der Waals surface area contributed by atoms with Crippen LogP contribution in [0.15, 0.2) is 77.9 Å². The molecule has 6 nitrogen and oxygen atoms in total. The summed E-state index contributed by atoms with van der Waals surface area (Å²) < 4.78 is 16.5. The molecule has 1 heterocycles. The highest BCUT2D eigenvalue weighted by Gasteiger charge is 2.23. The molecule has 158 valence electrons. The van der Waals surface area contributed by atoms with Gasteiger partial charge in [-0.15, -0.1) is 0 Å². The second-order valence-corrected chi connectivity index (χ2v) is 7.09. The minimum absolute atomic E-state index is 0.0897. The lowest BCUT2D eigenvalue weighted by molar-refractivity contribution is 0.106. The zero-order chi connectivity index (χ0) is 21.6. The number of hydrogen-bond donors (Lipinski definition) is 0. The van der Waals surface area contributed by atoms with E-state index in [2.05, 4.69) is 5.10 Å². The van der Waals surface area contributed by atoms with Crippen LogP contribution < -0.4 is 19.2 Å². The molecule has 31 heavy (non-hydrogen) atoms. The molecule has 0 bridgehead atoms. The van der Waals surface area contributed by atoms with Gasteiger partial charge in [0, 0.05) is 24.6 Å². The summed E-state index contributed by atoms with van der Waals surface area (Å²) in [4.78, 5) is 13.0. The SMILES string of the molecule is COc1ccc(N2CCC(C(=O)c3cccc(OCc4ccccc4)c3)=N2)cc1OC. The Morgan fingerprint density at radius 3 is 2.52 bits per heavy atom. The molecular formula is C25H24N2O4. The number of hydrogen-bond acceptors (Lipinski definition) is 6. The monoisotopic (exact) mass is 416 g/mol. The average Bonchev–Trinajstić information content (AvgIpc) is 3.33. The number of methoxy groups -OCH3 is 2. The Kier molecular flexibility index (Phi) is 6.17. The maximum atomic E-state index is 13.0. The molecule has 3 aromatic rings. The molecule has 1 aliphatic rings. The maximum Gasteiger partial charge on any atom is 0.209 e. The number of Topliss-reactive ketones (excluding diaryl/α,β-unsaturated/α-hetero) is 1. The molecule has 0 atom stereocenters. The van der Waals surface area contributed by atoms with Gasteiger partial charge in [0.15, 0.2) is 11.5 Å². The number of nitrogens with zero attached hydrogens (tertiary/aromatic N) is 2. The van der Waals surface area contributed by atoms with E-state index in [9.17, 15) is 4.79 Å². The van der Waals surface area contributed by atoms with Crippen molar-refractivity contribution in [2.24, 2.45) is 5.10 Å². The summed E-state index contributed by atoms with van der Waals surface area (Å²) in [6, 6.07) is 22.8. The van der Waals surface area contributed by atoms with Crippen molar-refractivity contribution in [3.8, 4) is 17.2 Å². The van der Waals surface area contributed by atoms with E-state index < -0.39 is 0 Å². The second-order valence-electron chi connectivity index (χ2n) is 7.09. The topological polar surface area (TPSA) is 60.4 Å². The normalized spacial score (nSPS) is 13.0. The first kappa shape index (κ1) is 20.5. The summed E-state index contributed by atoms with van der Waals surface area (Å²) in [7, 11) is 3.19. The molecule has 4 rings (SSSR count). The summed E-state index contributed by atoms with van der Waals surface area (Å²) in [6.07, 6.45) is 0.572. The number of anilines is 1. The molecule has 1 aliphatic heterocycles. The van der Waals surface area contributed by atoms with Gasteiger partial charge in [-0.1, -0.05) is 42.5 Å². The number of carbonyl (C=O) groups excluding carboxylic acids is 1. The highest BCUT2D eigenvalue weighted by Crippen LogP contribution is 2.32. The van der Waals surface area contributed by atoms with Crippen LogP contribution in [-0.4, -0.2) is 32.3 Å². The van der Waals surface area contributed by atoms with Crippen LogP contribution in [0.2, 0.25) is 0 Å². The van der Waals surface area contributed by atoms with E-state index in [1.165, 1.54) is 0 Å². The van der Waals surface area contributed by atoms with Crippen LogP contribution in [0, 0.1) is 0 Å². The Labute approximate surface area is 181 Å². The fourth-order valence-corrected chi connectivity index (χ4v) is 3.42. The van der Waals surface area contributed by atoms with Gasteiger partial charge in [0.2, 0.25) is 5.78 Å². The first-order chi connectivity index (χ1) is 15.2. The van der Waals surface area contributed by atoms with Gasteiger partial charge in [-0.2, -0.15) is 5.10 Å². The highest BCUT2D eigenvalue weighted by molar-refractivity contribution is 6.46. The van der Waals surface area contributed by atoms with Gasteiger partial charge >= 0.3 is 0 Å². The first-order valence-electron chi connectivity index (χ1n) is 10.1. The van der Waals surface area contributed by atoms with Crippen LogP contribution in [0.3, 0.4) is 0 Å². The highest BCUT2D eigenvalue weighted by atomic mass is 16.5. The minimum Gasteiger partial charge on any atom is -0.493 e. The molecule has 0 saturated heterocycles. The Bertz CT molecular complexity index is 1100. The summed E-state index contributed by atoms with van der Waals surface area (Å²) in [5.41, 5.74) is 3.01. The summed E-state index contributed by atoms with van der Waals surface area (Å²) in [5.74, 6) is 1.84. The summed E-state index contributed by atoms with van der Waals surface area (Å²) in [5, 5.41) is 6.36. The molecular weight excluding hydrogens is 392 g/mol. The largest absolute Gasteiger partial charge is 0.493 e. The van der Waals surface area contributed by atoms with Crippen molar-refractivity contribution in [1.29, 1.82) is 0 Å². The number of ether oxygens (including phenoxy) is 3. The molecule has 6 heteroatoms. The zero-order valence-electron chi connectivity index (χ0n) is 17.6. The van der Waals surface area contributed by atoms with E-state index in [-0.39, 0.29) is 5.78 Å². The van der Waals surface area contributed by atoms with Gasteiger partial charge in [-0.05, 0) is 29.8 Å². The van der Waals surface area contributed by atoms with Gasteiger partial charge in [0.25, 0.3) is 0 Å². The van der Waals surface area contributed by atoms with Gasteiger partial charge in [-0.25, -0.2) is 0 Å². The number of benzene rings is 3. The van der Waals surface area contributed by atoms with Gasteiger partial charge in [-0.3, -0.25) is 9.80 Å². The van der Waals surface area contributed by atoms with Gasteiger partial charge < -0.3 is 14.2 Å². The smallest absolute Gasteiger partial charge is 0.209 e. The van der Waals surface area contributed by atoms with Crippen molar-refractivity contribution < 1.29 is 19.0 Å². The second kappa shape index (κ2) is 9.34. The lowest BCUT2D eigenvalue weighted by Gasteiger charge is -2.16. The quantitative estimate of drug-likeness (QED) is 0.497. The number of carbonyl (C=O) groups is 1. The molecule has 0 amide bonds. The van der Waals surface area contributed by atoms with E-state index in [4.69, 9.17) is 14.2 Å². The van der Waals surface area contributed by atoms with Crippen molar-refractivity contribution in [2.75, 3.05) is 25.8 Å². The number of rotatable bonds is 8. The predicted octanol–water partition coefficient (Wildman–Crippen LogP) is 4.73. The van der Waals surface area contributed by atoms with Crippen LogP contribution in [0.5, 0.6) is 17.2 Å². The average molecular weight is 416 g/mol. The Morgan fingerprint density at radius 2 is 1.74 bits per heavy atom. The Hall–Kier alpha value is -3.80. The maximum absolute atomic E-state index is 13.0. The lowest BCUT2D eigenvalue weighted by atomic mass is 10.1. The van der Waals surface area contributed by atoms with E-state index in [0.717, 1.165) is 11.3 Å². The minimum atomic E-state index is -0.0897. The van der Waals surface area contributed by atoms with Crippen LogP contribution in [0.25, 0.3) is 0 Å². The van der Waals surface area contributed by atoms with Crippen LogP contribution >= 0.6 is 0 Å². The van der Waals surface area contributed by atoms with Crippen molar-refractivity contribution >= 4 is 17.2 Å². The van der Waals surface area contributed by atoms with Gasteiger partial charge in [0.1, 0.15) is 18.1 Å².